The van der Waals surface area contributed by atoms with E-state index in [1.165, 1.54) is 21.8 Å². The predicted molar refractivity (Wildman–Crippen MR) is 95.9 cm³/mol. The second-order valence-electron chi connectivity index (χ2n) is 6.01. The van der Waals surface area contributed by atoms with Crippen LogP contribution in [-0.2, 0) is 22.4 Å². The number of anilines is 1. The average molecular weight is 364 g/mol. The molecule has 1 aliphatic carbocycles. The molecule has 1 N–H and O–H groups in total. The van der Waals surface area contributed by atoms with Crippen molar-refractivity contribution < 1.29 is 14.3 Å². The number of ether oxygens (including phenoxy) is 1. The molecule has 0 unspecified atom stereocenters. The van der Waals surface area contributed by atoms with E-state index in [0.717, 1.165) is 19.3 Å². The minimum absolute atomic E-state index is 0.330. The first-order valence-electron chi connectivity index (χ1n) is 7.86. The molecule has 0 radical (unpaired) electrons. The maximum atomic E-state index is 12.1. The lowest BCUT2D eigenvalue weighted by Gasteiger charge is -2.16. The van der Waals surface area contributed by atoms with Gasteiger partial charge in [-0.15, -0.1) is 11.3 Å². The third-order valence-corrected chi connectivity index (χ3v) is 5.56. The van der Waals surface area contributed by atoms with Gasteiger partial charge in [0.15, 0.2) is 6.61 Å². The number of hydrogen-bond acceptors (Lipinski definition) is 4. The summed E-state index contributed by atoms with van der Waals surface area (Å²) in [6.45, 7) is 1.89. The van der Waals surface area contributed by atoms with E-state index in [1.54, 1.807) is 24.3 Å². The highest BCUT2D eigenvalue weighted by Crippen LogP contribution is 2.32. The maximum absolute atomic E-state index is 12.1. The number of carbonyl (C=O) groups is 2. The Labute approximate surface area is 149 Å². The molecular formula is C18H18ClNO3S. The Bertz CT molecular complexity index is 771. The number of thiophene rings is 1. The van der Waals surface area contributed by atoms with Crippen LogP contribution in [-0.4, -0.2) is 18.5 Å². The van der Waals surface area contributed by atoms with Gasteiger partial charge in [-0.25, -0.2) is 4.79 Å². The highest BCUT2D eigenvalue weighted by atomic mass is 35.5. The molecular weight excluding hydrogens is 346 g/mol. The quantitative estimate of drug-likeness (QED) is 0.823. The largest absolute Gasteiger partial charge is 0.451 e. The molecule has 0 bridgehead atoms. The number of halogens is 1. The van der Waals surface area contributed by atoms with Crippen LogP contribution in [0, 0.1) is 5.92 Å². The molecule has 1 atom stereocenters. The minimum atomic E-state index is -0.448. The molecule has 0 spiro atoms. The molecule has 4 nitrogen and oxygen atoms in total. The van der Waals surface area contributed by atoms with E-state index < -0.39 is 11.9 Å². The molecule has 1 aliphatic rings. The molecule has 1 heterocycles. The Hall–Kier alpha value is -1.85. The van der Waals surface area contributed by atoms with Crippen molar-refractivity contribution >= 4 is 40.5 Å². The molecule has 3 rings (SSSR count). The Kier molecular flexibility index (Phi) is 5.21. The van der Waals surface area contributed by atoms with E-state index in [4.69, 9.17) is 16.3 Å². The van der Waals surface area contributed by atoms with Gasteiger partial charge in [-0.1, -0.05) is 30.7 Å². The zero-order chi connectivity index (χ0) is 17.1. The number of fused-ring (bicyclic) bond motifs is 1. The van der Waals surface area contributed by atoms with Gasteiger partial charge in [0.2, 0.25) is 0 Å². The highest BCUT2D eigenvalue weighted by Gasteiger charge is 2.21. The van der Waals surface area contributed by atoms with Crippen molar-refractivity contribution in [1.29, 1.82) is 0 Å². The van der Waals surface area contributed by atoms with Crippen LogP contribution in [0.25, 0.3) is 0 Å². The van der Waals surface area contributed by atoms with E-state index in [1.807, 2.05) is 6.07 Å². The number of benzene rings is 1. The van der Waals surface area contributed by atoms with Crippen LogP contribution < -0.4 is 5.32 Å². The molecule has 126 valence electrons. The molecule has 0 fully saturated rings. The second kappa shape index (κ2) is 7.36. The van der Waals surface area contributed by atoms with Crippen LogP contribution in [0.2, 0.25) is 5.02 Å². The summed E-state index contributed by atoms with van der Waals surface area (Å²) in [4.78, 5) is 25.9. The topological polar surface area (TPSA) is 55.4 Å². The summed E-state index contributed by atoms with van der Waals surface area (Å²) in [7, 11) is 0. The van der Waals surface area contributed by atoms with Crippen LogP contribution in [0.4, 0.5) is 5.69 Å². The lowest BCUT2D eigenvalue weighted by molar-refractivity contribution is -0.119. The number of carbonyl (C=O) groups excluding carboxylic acids is 2. The molecule has 0 aliphatic heterocycles. The molecule has 2 aromatic rings. The number of hydrogen-bond donors (Lipinski definition) is 1. The number of rotatable bonds is 4. The smallest absolute Gasteiger partial charge is 0.348 e. The zero-order valence-corrected chi connectivity index (χ0v) is 14.9. The summed E-state index contributed by atoms with van der Waals surface area (Å²) in [5.74, 6) is -0.208. The van der Waals surface area contributed by atoms with Crippen molar-refractivity contribution in [3.8, 4) is 0 Å². The van der Waals surface area contributed by atoms with Gasteiger partial charge < -0.3 is 10.1 Å². The van der Waals surface area contributed by atoms with Crippen LogP contribution in [0.1, 0.15) is 33.5 Å². The van der Waals surface area contributed by atoms with Gasteiger partial charge in [0.25, 0.3) is 5.91 Å². The molecule has 0 saturated heterocycles. The summed E-state index contributed by atoms with van der Waals surface area (Å²) >= 11 is 7.45. The number of amides is 1. The number of aryl methyl sites for hydroxylation is 1. The van der Waals surface area contributed by atoms with Gasteiger partial charge in [0, 0.05) is 4.88 Å². The van der Waals surface area contributed by atoms with Crippen molar-refractivity contribution in [3.05, 3.63) is 50.7 Å². The third-order valence-electron chi connectivity index (χ3n) is 4.01. The first kappa shape index (κ1) is 17.0. The molecule has 6 heteroatoms. The molecule has 24 heavy (non-hydrogen) atoms. The van der Waals surface area contributed by atoms with Crippen molar-refractivity contribution in [3.63, 3.8) is 0 Å². The number of para-hydroxylation sites is 1. The Morgan fingerprint density at radius 2 is 2.17 bits per heavy atom. The van der Waals surface area contributed by atoms with E-state index in [9.17, 15) is 9.59 Å². The van der Waals surface area contributed by atoms with Crippen molar-refractivity contribution in [2.24, 2.45) is 5.92 Å². The Morgan fingerprint density at radius 1 is 1.38 bits per heavy atom. The lowest BCUT2D eigenvalue weighted by Crippen LogP contribution is -2.20. The monoisotopic (exact) mass is 363 g/mol. The van der Waals surface area contributed by atoms with Gasteiger partial charge >= 0.3 is 5.97 Å². The van der Waals surface area contributed by atoms with E-state index in [0.29, 0.717) is 21.5 Å². The normalized spacial score (nSPS) is 16.3. The summed E-state index contributed by atoms with van der Waals surface area (Å²) in [5.41, 5.74) is 1.74. The SMILES string of the molecule is C[C@@H]1CCc2sc(C(=O)OCC(=O)Nc3ccccc3Cl)cc2C1. The number of nitrogens with one attached hydrogen (secondary N) is 1. The maximum Gasteiger partial charge on any atom is 0.348 e. The van der Waals surface area contributed by atoms with Crippen LogP contribution >= 0.6 is 22.9 Å². The second-order valence-corrected chi connectivity index (χ2v) is 7.56. The van der Waals surface area contributed by atoms with Gasteiger partial charge in [0.1, 0.15) is 4.88 Å². The standard InChI is InChI=1S/C18H18ClNO3S/c1-11-6-7-15-12(8-11)9-16(24-15)18(22)23-10-17(21)20-14-5-3-2-4-13(14)19/h2-5,9,11H,6-8,10H2,1H3,(H,20,21)/t11-/m1/s1. The molecule has 1 amide bonds. The van der Waals surface area contributed by atoms with Gasteiger partial charge in [0.05, 0.1) is 10.7 Å². The summed E-state index contributed by atoms with van der Waals surface area (Å²) < 4.78 is 5.12. The predicted octanol–water partition coefficient (Wildman–Crippen LogP) is 4.32. The van der Waals surface area contributed by atoms with Gasteiger partial charge in [-0.05, 0) is 48.9 Å². The minimum Gasteiger partial charge on any atom is -0.451 e. The van der Waals surface area contributed by atoms with Gasteiger partial charge in [-0.3, -0.25) is 4.79 Å². The zero-order valence-electron chi connectivity index (χ0n) is 13.3. The van der Waals surface area contributed by atoms with Crippen LogP contribution in [0.5, 0.6) is 0 Å². The van der Waals surface area contributed by atoms with E-state index >= 15 is 0 Å². The first-order chi connectivity index (χ1) is 11.5. The third kappa shape index (κ3) is 3.97. The molecule has 1 aromatic carbocycles. The summed E-state index contributed by atoms with van der Waals surface area (Å²) in [6.07, 6.45) is 3.18. The molecule has 0 saturated carbocycles. The average Bonchev–Trinajstić information content (AvgIpc) is 2.98. The van der Waals surface area contributed by atoms with E-state index in [2.05, 4.69) is 12.2 Å². The van der Waals surface area contributed by atoms with Crippen LogP contribution in [0.3, 0.4) is 0 Å². The Balaban J connectivity index is 1.56. The Morgan fingerprint density at radius 3 is 2.96 bits per heavy atom. The van der Waals surface area contributed by atoms with Crippen molar-refractivity contribution in [2.75, 3.05) is 11.9 Å². The fourth-order valence-corrected chi connectivity index (χ4v) is 4.04. The number of esters is 1. The fourth-order valence-electron chi connectivity index (χ4n) is 2.76. The van der Waals surface area contributed by atoms with Crippen molar-refractivity contribution in [1.82, 2.24) is 0 Å². The van der Waals surface area contributed by atoms with E-state index in [-0.39, 0.29) is 6.61 Å². The van der Waals surface area contributed by atoms with Crippen LogP contribution in [0.15, 0.2) is 30.3 Å². The lowest BCUT2D eigenvalue weighted by atomic mass is 9.90. The van der Waals surface area contributed by atoms with Crippen molar-refractivity contribution in [2.45, 2.75) is 26.2 Å². The molecule has 1 aromatic heterocycles. The summed E-state index contributed by atoms with van der Waals surface area (Å²) in [6, 6.07) is 8.82. The summed E-state index contributed by atoms with van der Waals surface area (Å²) in [5, 5.41) is 3.07. The van der Waals surface area contributed by atoms with Gasteiger partial charge in [-0.2, -0.15) is 0 Å². The first-order valence-corrected chi connectivity index (χ1v) is 9.05. The fraction of sp³-hybridized carbons (Fsp3) is 0.333. The highest BCUT2D eigenvalue weighted by molar-refractivity contribution is 7.14.